The minimum Gasteiger partial charge on any atom is -0.438 e. The van der Waals surface area contributed by atoms with Crippen LogP contribution in [0.2, 0.25) is 0 Å². The van der Waals surface area contributed by atoms with Crippen LogP contribution in [0.15, 0.2) is 52.9 Å². The number of nitrogens with one attached hydrogen (secondary N) is 1. The third-order valence-corrected chi connectivity index (χ3v) is 3.93. The predicted molar refractivity (Wildman–Crippen MR) is 94.9 cm³/mol. The fourth-order valence-corrected chi connectivity index (χ4v) is 2.68. The number of amides is 1. The van der Waals surface area contributed by atoms with E-state index < -0.39 is 0 Å². The molecule has 0 radical (unpaired) electrons. The van der Waals surface area contributed by atoms with Crippen molar-refractivity contribution < 1.29 is 9.21 Å². The summed E-state index contributed by atoms with van der Waals surface area (Å²) in [4.78, 5) is 17.1. The molecule has 1 heterocycles. The van der Waals surface area contributed by atoms with E-state index in [1.54, 1.807) is 0 Å². The van der Waals surface area contributed by atoms with Crippen molar-refractivity contribution in [3.8, 4) is 0 Å². The van der Waals surface area contributed by atoms with Gasteiger partial charge in [-0.05, 0) is 43.5 Å². The Bertz CT molecular complexity index is 801. The van der Waals surface area contributed by atoms with Gasteiger partial charge in [0.05, 0.1) is 0 Å². The Morgan fingerprint density at radius 1 is 1.12 bits per heavy atom. The molecule has 0 aliphatic rings. The van der Waals surface area contributed by atoms with Crippen molar-refractivity contribution >= 4 is 17.0 Å². The first kappa shape index (κ1) is 16.2. The van der Waals surface area contributed by atoms with Crippen molar-refractivity contribution in [1.29, 1.82) is 0 Å². The Hall–Kier alpha value is -2.62. The number of para-hydroxylation sites is 2. The summed E-state index contributed by atoms with van der Waals surface area (Å²) in [5.41, 5.74) is 3.33. The molecule has 1 amide bonds. The zero-order valence-corrected chi connectivity index (χ0v) is 14.2. The highest BCUT2D eigenvalue weighted by Gasteiger charge is 2.22. The van der Waals surface area contributed by atoms with E-state index in [1.165, 1.54) is 0 Å². The zero-order chi connectivity index (χ0) is 17.1. The summed E-state index contributed by atoms with van der Waals surface area (Å²) in [6.45, 7) is 6.24. The highest BCUT2D eigenvalue weighted by molar-refractivity contribution is 5.94. The molecule has 0 unspecified atom stereocenters. The molecule has 0 bridgehead atoms. The van der Waals surface area contributed by atoms with Crippen LogP contribution in [0.1, 0.15) is 48.1 Å². The molecule has 0 spiro atoms. The standard InChI is InChI=1S/C20H22N2O2/c1-13(2)12-17(20-22-16-6-4-5-7-18(16)24-20)21-19(23)15-10-8-14(3)9-11-15/h4-11,13,17H,12H2,1-3H3,(H,21,23)/t17-/m0/s1. The van der Waals surface area contributed by atoms with Crippen LogP contribution >= 0.6 is 0 Å². The Labute approximate surface area is 141 Å². The zero-order valence-electron chi connectivity index (χ0n) is 14.2. The van der Waals surface area contributed by atoms with E-state index >= 15 is 0 Å². The number of benzene rings is 2. The first-order valence-electron chi connectivity index (χ1n) is 8.26. The molecule has 4 nitrogen and oxygen atoms in total. The molecular weight excluding hydrogens is 300 g/mol. The minimum atomic E-state index is -0.244. The molecule has 1 atom stereocenters. The number of carbonyl (C=O) groups excluding carboxylic acids is 1. The van der Waals surface area contributed by atoms with Gasteiger partial charge in [-0.25, -0.2) is 4.98 Å². The summed E-state index contributed by atoms with van der Waals surface area (Å²) in [6, 6.07) is 14.9. The minimum absolute atomic E-state index is 0.108. The van der Waals surface area contributed by atoms with E-state index in [-0.39, 0.29) is 11.9 Å². The van der Waals surface area contributed by atoms with E-state index in [2.05, 4.69) is 24.1 Å². The molecule has 24 heavy (non-hydrogen) atoms. The lowest BCUT2D eigenvalue weighted by Crippen LogP contribution is -2.29. The highest BCUT2D eigenvalue weighted by atomic mass is 16.3. The number of carbonyl (C=O) groups is 1. The molecule has 4 heteroatoms. The maximum atomic E-state index is 12.6. The van der Waals surface area contributed by atoms with E-state index in [4.69, 9.17) is 4.42 Å². The summed E-state index contributed by atoms with van der Waals surface area (Å²) in [6.07, 6.45) is 0.768. The van der Waals surface area contributed by atoms with Gasteiger partial charge < -0.3 is 9.73 Å². The lowest BCUT2D eigenvalue weighted by atomic mass is 10.0. The van der Waals surface area contributed by atoms with Crippen LogP contribution in [-0.2, 0) is 0 Å². The average Bonchev–Trinajstić information content (AvgIpc) is 2.98. The Balaban J connectivity index is 1.85. The van der Waals surface area contributed by atoms with Gasteiger partial charge in [-0.2, -0.15) is 0 Å². The van der Waals surface area contributed by atoms with Crippen molar-refractivity contribution in [3.05, 3.63) is 65.5 Å². The van der Waals surface area contributed by atoms with Crippen LogP contribution in [0.3, 0.4) is 0 Å². The number of oxazole rings is 1. The second kappa shape index (κ2) is 6.87. The van der Waals surface area contributed by atoms with Crippen LogP contribution < -0.4 is 5.32 Å². The molecule has 1 N–H and O–H groups in total. The molecule has 2 aromatic carbocycles. The Kier molecular flexibility index (Phi) is 4.65. The van der Waals surface area contributed by atoms with Crippen molar-refractivity contribution in [2.24, 2.45) is 5.92 Å². The third-order valence-electron chi connectivity index (χ3n) is 3.93. The molecule has 0 fully saturated rings. The van der Waals surface area contributed by atoms with E-state index in [0.717, 1.165) is 23.1 Å². The SMILES string of the molecule is Cc1ccc(C(=O)N[C@@H](CC(C)C)c2nc3ccccc3o2)cc1. The monoisotopic (exact) mass is 322 g/mol. The summed E-state index contributed by atoms with van der Waals surface area (Å²) >= 11 is 0. The van der Waals surface area contributed by atoms with Crippen molar-refractivity contribution in [2.45, 2.75) is 33.2 Å². The molecule has 124 valence electrons. The lowest BCUT2D eigenvalue weighted by molar-refractivity contribution is 0.0925. The van der Waals surface area contributed by atoms with Crippen LogP contribution in [-0.4, -0.2) is 10.9 Å². The van der Waals surface area contributed by atoms with E-state index in [0.29, 0.717) is 17.4 Å². The van der Waals surface area contributed by atoms with Gasteiger partial charge in [-0.1, -0.05) is 43.7 Å². The fraction of sp³-hybridized carbons (Fsp3) is 0.300. The topological polar surface area (TPSA) is 55.1 Å². The number of nitrogens with zero attached hydrogens (tertiary/aromatic N) is 1. The van der Waals surface area contributed by atoms with Crippen LogP contribution in [0.25, 0.3) is 11.1 Å². The van der Waals surface area contributed by atoms with Gasteiger partial charge in [0.2, 0.25) is 5.89 Å². The molecule has 1 aromatic heterocycles. The second-order valence-corrected chi connectivity index (χ2v) is 6.54. The number of aromatic nitrogens is 1. The van der Waals surface area contributed by atoms with Crippen molar-refractivity contribution in [1.82, 2.24) is 10.3 Å². The molecule has 0 aliphatic heterocycles. The number of aryl methyl sites for hydroxylation is 1. The van der Waals surface area contributed by atoms with Gasteiger partial charge in [-0.3, -0.25) is 4.79 Å². The summed E-state index contributed by atoms with van der Waals surface area (Å²) < 4.78 is 5.86. The van der Waals surface area contributed by atoms with Gasteiger partial charge in [0.1, 0.15) is 11.6 Å². The quantitative estimate of drug-likeness (QED) is 0.743. The molecule has 0 aliphatic carbocycles. The predicted octanol–water partition coefficient (Wildman–Crippen LogP) is 4.65. The third kappa shape index (κ3) is 3.65. The Morgan fingerprint density at radius 2 is 1.83 bits per heavy atom. The lowest BCUT2D eigenvalue weighted by Gasteiger charge is -2.17. The normalized spacial score (nSPS) is 12.5. The maximum Gasteiger partial charge on any atom is 0.251 e. The molecular formula is C20H22N2O2. The average molecular weight is 322 g/mol. The van der Waals surface area contributed by atoms with Gasteiger partial charge >= 0.3 is 0 Å². The van der Waals surface area contributed by atoms with Crippen LogP contribution in [0, 0.1) is 12.8 Å². The fourth-order valence-electron chi connectivity index (χ4n) is 2.68. The number of hydrogen-bond acceptors (Lipinski definition) is 3. The van der Waals surface area contributed by atoms with Crippen molar-refractivity contribution in [2.75, 3.05) is 0 Å². The number of fused-ring (bicyclic) bond motifs is 1. The van der Waals surface area contributed by atoms with Gasteiger partial charge in [-0.15, -0.1) is 0 Å². The van der Waals surface area contributed by atoms with Gasteiger partial charge in [0.15, 0.2) is 5.58 Å². The van der Waals surface area contributed by atoms with Crippen molar-refractivity contribution in [3.63, 3.8) is 0 Å². The number of rotatable bonds is 5. The molecule has 0 saturated carbocycles. The molecule has 3 rings (SSSR count). The second-order valence-electron chi connectivity index (χ2n) is 6.54. The highest BCUT2D eigenvalue weighted by Crippen LogP contribution is 2.25. The summed E-state index contributed by atoms with van der Waals surface area (Å²) in [5.74, 6) is 0.858. The largest absolute Gasteiger partial charge is 0.438 e. The molecule has 3 aromatic rings. The molecule has 0 saturated heterocycles. The van der Waals surface area contributed by atoms with Gasteiger partial charge in [0, 0.05) is 5.56 Å². The first-order valence-corrected chi connectivity index (χ1v) is 8.26. The number of hydrogen-bond donors (Lipinski definition) is 1. The van der Waals surface area contributed by atoms with E-state index in [1.807, 2.05) is 55.5 Å². The smallest absolute Gasteiger partial charge is 0.251 e. The van der Waals surface area contributed by atoms with Crippen LogP contribution in [0.5, 0.6) is 0 Å². The maximum absolute atomic E-state index is 12.6. The summed E-state index contributed by atoms with van der Waals surface area (Å²) in [7, 11) is 0. The van der Waals surface area contributed by atoms with Crippen LogP contribution in [0.4, 0.5) is 0 Å². The van der Waals surface area contributed by atoms with Gasteiger partial charge in [0.25, 0.3) is 5.91 Å². The Morgan fingerprint density at radius 3 is 2.50 bits per heavy atom. The van der Waals surface area contributed by atoms with E-state index in [9.17, 15) is 4.79 Å². The summed E-state index contributed by atoms with van der Waals surface area (Å²) in [5, 5.41) is 3.07. The first-order chi connectivity index (χ1) is 11.5.